The molecule has 4 heterocycles. The van der Waals surface area contributed by atoms with E-state index in [9.17, 15) is 0 Å². The Morgan fingerprint density at radius 3 is 1.00 bits per heavy atom. The van der Waals surface area contributed by atoms with Crippen LogP contribution in [0.1, 0.15) is 101 Å². The predicted molar refractivity (Wildman–Crippen MR) is 424 cm³/mol. The zero-order valence-corrected chi connectivity index (χ0v) is 63.9. The van der Waals surface area contributed by atoms with Gasteiger partial charge in [-0.2, -0.15) is 0 Å². The van der Waals surface area contributed by atoms with Gasteiger partial charge in [-0.05, 0) is 167 Å². The van der Waals surface area contributed by atoms with Gasteiger partial charge >= 0.3 is 17.2 Å². The zero-order valence-electron chi connectivity index (χ0n) is 60.3. The Labute approximate surface area is 628 Å². The van der Waals surface area contributed by atoms with E-state index >= 15 is 0 Å². The molecule has 0 radical (unpaired) electrons. The lowest BCUT2D eigenvalue weighted by molar-refractivity contribution is -0.201. The smallest absolute Gasteiger partial charge is 0.413 e. The van der Waals surface area contributed by atoms with E-state index in [1.54, 1.807) is 0 Å². The molecule has 2 atom stereocenters. The Hall–Kier alpha value is -8.12. The van der Waals surface area contributed by atoms with Gasteiger partial charge in [0, 0.05) is 23.5 Å². The highest BCUT2D eigenvalue weighted by atomic mass is 31.2. The van der Waals surface area contributed by atoms with E-state index in [1.807, 2.05) is 109 Å². The number of hydrogen-bond donors (Lipinski definition) is 0. The third-order valence-electron chi connectivity index (χ3n) is 19.1. The lowest BCUT2D eigenvalue weighted by atomic mass is 9.90. The van der Waals surface area contributed by atoms with Crippen LogP contribution in [-0.4, -0.2) is 59.1 Å². The van der Waals surface area contributed by atoms with Gasteiger partial charge in [-0.3, -0.25) is 0 Å². The molecule has 4 saturated heterocycles. The highest BCUT2D eigenvalue weighted by molar-refractivity contribution is 7.72. The van der Waals surface area contributed by atoms with Gasteiger partial charge in [-0.25, -0.2) is 0 Å². The molecule has 5 aliphatic rings. The first-order chi connectivity index (χ1) is 52.3. The highest BCUT2D eigenvalue weighted by Crippen LogP contribution is 2.55. The maximum Gasteiger partial charge on any atom is 0.530 e. The molecule has 0 amide bonds. The summed E-state index contributed by atoms with van der Waals surface area (Å²) in [5.74, 6) is 2.93. The van der Waals surface area contributed by atoms with E-state index < -0.39 is 58.2 Å². The van der Waals surface area contributed by atoms with E-state index in [-0.39, 0.29) is 5.92 Å². The zero-order chi connectivity index (χ0) is 72.2. The lowest BCUT2D eigenvalue weighted by Gasteiger charge is -2.33. The first-order valence-electron chi connectivity index (χ1n) is 36.5. The van der Waals surface area contributed by atoms with Crippen molar-refractivity contribution in [2.24, 2.45) is 5.92 Å². The van der Waals surface area contributed by atoms with Crippen LogP contribution in [0.15, 0.2) is 267 Å². The van der Waals surface area contributed by atoms with Crippen LogP contribution in [0.25, 0.3) is 11.1 Å². The fourth-order valence-electron chi connectivity index (χ4n) is 13.2. The minimum absolute atomic E-state index is 0.229. The molecule has 0 spiro atoms. The summed E-state index contributed by atoms with van der Waals surface area (Å²) in [5.41, 5.74) is 10.7. The molecule has 4 aliphatic heterocycles. The largest absolute Gasteiger partial charge is 0.530 e. The van der Waals surface area contributed by atoms with Crippen LogP contribution in [0.3, 0.4) is 0 Å². The van der Waals surface area contributed by atoms with Gasteiger partial charge in [-0.1, -0.05) is 224 Å². The Morgan fingerprint density at radius 1 is 0.321 bits per heavy atom. The summed E-state index contributed by atoms with van der Waals surface area (Å²) in [6.07, 6.45) is 9.68. The van der Waals surface area contributed by atoms with Gasteiger partial charge in [0.1, 0.15) is 34.5 Å². The number of para-hydroxylation sites is 3. The molecule has 18 heteroatoms. The summed E-state index contributed by atoms with van der Waals surface area (Å²) < 4.78 is 90.7. The average Bonchev–Trinajstić information content (AvgIpc) is 0.764. The molecular weight excluding hydrogens is 1400 g/mol. The molecule has 1 aliphatic carbocycles. The number of allylic oxidation sites excluding steroid dienone is 3. The van der Waals surface area contributed by atoms with Gasteiger partial charge in [0.05, 0.1) is 75.5 Å². The van der Waals surface area contributed by atoms with Crippen molar-refractivity contribution in [3.63, 3.8) is 0 Å². The van der Waals surface area contributed by atoms with E-state index in [4.69, 9.17) is 65.0 Å². The van der Waals surface area contributed by atoms with Crippen LogP contribution in [0.2, 0.25) is 0 Å². The van der Waals surface area contributed by atoms with Crippen molar-refractivity contribution in [2.75, 3.05) is 52.9 Å². The van der Waals surface area contributed by atoms with Crippen molar-refractivity contribution in [1.82, 2.24) is 0 Å². The fourth-order valence-corrected chi connectivity index (χ4v) is 20.2. The molecule has 0 N–H and O–H groups in total. The van der Waals surface area contributed by atoms with Crippen LogP contribution in [0.5, 0.6) is 28.7 Å². The predicted octanol–water partition coefficient (Wildman–Crippen LogP) is 20.5. The normalized spacial score (nSPS) is 17.1. The van der Waals surface area contributed by atoms with E-state index in [1.165, 1.54) is 32.3 Å². The van der Waals surface area contributed by atoms with E-state index in [0.29, 0.717) is 93.8 Å². The lowest BCUT2D eigenvalue weighted by Crippen LogP contribution is -2.34. The maximum atomic E-state index is 7.16. The van der Waals surface area contributed by atoms with Crippen molar-refractivity contribution in [2.45, 2.75) is 97.3 Å². The SMILES string of the molecule is Cc1ccc(OP(OC2=CC=CCC2C2OCCCO2)Oc2ccccc2C2OCCCO2)c(-c2c(OP(Oc3ccccc3C3OCCCO3)Oc3ccccc3C3OCCCO3)ccc(C)c2C)c1C.c1ccc(P(Cc2ccccc2CP(c2ccccc2)c2ccccc2)c2ccccc2)cc1. The summed E-state index contributed by atoms with van der Waals surface area (Å²) in [6, 6.07) is 84.2. The Balaban J connectivity index is 0.000000231. The Kier molecular flexibility index (Phi) is 26.5. The number of rotatable bonds is 25. The van der Waals surface area contributed by atoms with E-state index in [2.05, 4.69) is 179 Å². The number of hydrogen-bond acceptors (Lipinski definition) is 14. The van der Waals surface area contributed by atoms with Gasteiger partial charge < -0.3 is 65.0 Å². The second-order valence-electron chi connectivity index (χ2n) is 26.2. The van der Waals surface area contributed by atoms with Gasteiger partial charge in [0.15, 0.2) is 25.2 Å². The van der Waals surface area contributed by atoms with E-state index in [0.717, 1.165) is 88.1 Å². The van der Waals surface area contributed by atoms with Gasteiger partial charge in [0.2, 0.25) is 0 Å². The first kappa shape index (κ1) is 74.7. The van der Waals surface area contributed by atoms with Crippen LogP contribution in [0.4, 0.5) is 0 Å². The monoisotopic (exact) mass is 1490 g/mol. The molecule has 10 aromatic carbocycles. The average molecular weight is 1500 g/mol. The van der Waals surface area contributed by atoms with Crippen LogP contribution in [0, 0.1) is 33.6 Å². The number of benzene rings is 10. The Morgan fingerprint density at radius 2 is 0.632 bits per heavy atom. The van der Waals surface area contributed by atoms with Crippen LogP contribution in [-0.2, 0) is 54.7 Å². The molecular formula is C88H90O14P4. The highest BCUT2D eigenvalue weighted by Gasteiger charge is 2.37. The second-order valence-corrected chi connectivity index (χ2v) is 32.6. The molecule has 4 fully saturated rings. The summed E-state index contributed by atoms with van der Waals surface area (Å²) in [5, 5.41) is 5.75. The summed E-state index contributed by atoms with van der Waals surface area (Å²) in [4.78, 5) is 0. The molecule has 106 heavy (non-hydrogen) atoms. The second kappa shape index (κ2) is 37.6. The number of aryl methyl sites for hydroxylation is 2. The van der Waals surface area contributed by atoms with Crippen molar-refractivity contribution in [3.8, 4) is 39.9 Å². The van der Waals surface area contributed by atoms with Crippen molar-refractivity contribution in [3.05, 3.63) is 317 Å². The van der Waals surface area contributed by atoms with Gasteiger partial charge in [-0.15, -0.1) is 0 Å². The van der Waals surface area contributed by atoms with Crippen molar-refractivity contribution < 1.29 is 65.0 Å². The quantitative estimate of drug-likeness (QED) is 0.0503. The summed E-state index contributed by atoms with van der Waals surface area (Å²) in [7, 11) is -5.45. The van der Waals surface area contributed by atoms with Crippen molar-refractivity contribution in [1.29, 1.82) is 0 Å². The standard InChI is InChI=1S/C56H62O14P2.C32H28P2/c1-37-25-27-49(69-71(65-45-21-9-5-17-41(45)53-57-29-13-30-58-53)66-46-22-10-6-18-42(46)54-59-31-14-32-60-54)51(39(37)3)52-40(4)38(2)26-28-50(52)70-72(67-47-23-11-7-19-43(47)55-61-33-15-34-62-55)68-48-24-12-8-20-44(48)56-63-35-16-36-64-56;1-5-17-29(18-6-1)33(30-19-7-2-8-20-30)25-27-15-13-14-16-28(27)26-34(31-21-9-3-10-22-31)32-23-11-4-12-24-32/h5-12,17-19,21-28,44,53-56H,13-16,20,29-36H2,1-4H3;1-24H,25-26H2. The van der Waals surface area contributed by atoms with Crippen LogP contribution >= 0.6 is 33.0 Å². The summed E-state index contributed by atoms with van der Waals surface area (Å²) in [6.45, 7) is 12.9. The summed E-state index contributed by atoms with van der Waals surface area (Å²) >= 11 is 0. The minimum Gasteiger partial charge on any atom is -0.413 e. The molecule has 2 unspecified atom stereocenters. The third-order valence-corrected chi connectivity index (χ3v) is 26.2. The molecule has 0 aromatic heterocycles. The van der Waals surface area contributed by atoms with Gasteiger partial charge in [0.25, 0.3) is 0 Å². The Bertz CT molecular complexity index is 4260. The van der Waals surface area contributed by atoms with Crippen LogP contribution < -0.4 is 43.8 Å². The number of ether oxygens (including phenoxy) is 8. The maximum absolute atomic E-state index is 7.16. The van der Waals surface area contributed by atoms with Crippen molar-refractivity contribution >= 4 is 54.3 Å². The molecule has 10 aromatic rings. The molecule has 14 nitrogen and oxygen atoms in total. The molecule has 546 valence electrons. The first-order valence-corrected chi connectivity index (χ1v) is 41.8. The molecule has 0 bridgehead atoms. The molecule has 0 saturated carbocycles. The minimum atomic E-state index is -2.27. The fraction of sp³-hybridized carbons (Fsp3) is 0.273. The molecule has 15 rings (SSSR count). The third kappa shape index (κ3) is 19.0. The topological polar surface area (TPSA) is 129 Å².